The van der Waals surface area contributed by atoms with Crippen LogP contribution in [0.2, 0.25) is 15.1 Å². The van der Waals surface area contributed by atoms with Gasteiger partial charge >= 0.3 is 0 Å². The van der Waals surface area contributed by atoms with Crippen molar-refractivity contribution in [3.05, 3.63) is 92.9 Å². The Morgan fingerprint density at radius 2 is 1.55 bits per heavy atom. The first-order chi connectivity index (χ1) is 19.0. The molecule has 1 atom stereocenters. The topological polar surface area (TPSA) is 86.8 Å². The number of carbonyl (C=O) groups is 2. The van der Waals surface area contributed by atoms with Crippen molar-refractivity contribution in [2.24, 2.45) is 0 Å². The van der Waals surface area contributed by atoms with E-state index >= 15 is 0 Å². The van der Waals surface area contributed by atoms with Crippen molar-refractivity contribution in [3.8, 4) is 0 Å². The van der Waals surface area contributed by atoms with Crippen LogP contribution >= 0.6 is 34.8 Å². The molecule has 214 valence electrons. The maximum Gasteiger partial charge on any atom is 0.264 e. The maximum absolute atomic E-state index is 14.0. The zero-order chi connectivity index (χ0) is 29.4. The number of benzene rings is 3. The van der Waals surface area contributed by atoms with Gasteiger partial charge in [-0.25, -0.2) is 8.42 Å². The minimum Gasteiger partial charge on any atom is -0.354 e. The van der Waals surface area contributed by atoms with Crippen molar-refractivity contribution in [1.29, 1.82) is 0 Å². The number of hydrogen-bond donors (Lipinski definition) is 1. The van der Waals surface area contributed by atoms with Crippen molar-refractivity contribution in [1.82, 2.24) is 10.2 Å². The van der Waals surface area contributed by atoms with Crippen LogP contribution in [-0.2, 0) is 26.2 Å². The number of nitrogens with zero attached hydrogens (tertiary/aromatic N) is 2. The van der Waals surface area contributed by atoms with Crippen LogP contribution in [0.3, 0.4) is 0 Å². The van der Waals surface area contributed by atoms with Crippen LogP contribution < -0.4 is 9.62 Å². The summed E-state index contributed by atoms with van der Waals surface area (Å²) in [6.45, 7) is 5.55. The van der Waals surface area contributed by atoms with Gasteiger partial charge in [-0.05, 0) is 73.9 Å². The number of halogens is 3. The van der Waals surface area contributed by atoms with Gasteiger partial charge in [0.1, 0.15) is 12.6 Å². The first-order valence-electron chi connectivity index (χ1n) is 12.8. The average Bonchev–Trinajstić information content (AvgIpc) is 2.93. The monoisotopic (exact) mass is 623 g/mol. The molecule has 0 bridgehead atoms. The smallest absolute Gasteiger partial charge is 0.264 e. The number of hydrogen-bond acceptors (Lipinski definition) is 4. The fourth-order valence-electron chi connectivity index (χ4n) is 4.09. The van der Waals surface area contributed by atoms with Crippen LogP contribution in [0.15, 0.2) is 71.6 Å². The lowest BCUT2D eigenvalue weighted by Gasteiger charge is -2.33. The van der Waals surface area contributed by atoms with E-state index in [9.17, 15) is 18.0 Å². The minimum absolute atomic E-state index is 0.0194. The molecule has 3 rings (SSSR count). The van der Waals surface area contributed by atoms with Gasteiger partial charge in [-0.1, -0.05) is 72.4 Å². The largest absolute Gasteiger partial charge is 0.354 e. The second-order valence-corrected chi connectivity index (χ2v) is 12.4. The minimum atomic E-state index is -4.18. The van der Waals surface area contributed by atoms with E-state index in [4.69, 9.17) is 34.8 Å². The van der Waals surface area contributed by atoms with Gasteiger partial charge in [0.05, 0.1) is 20.6 Å². The molecule has 0 saturated heterocycles. The molecule has 0 fully saturated rings. The molecule has 0 spiro atoms. The van der Waals surface area contributed by atoms with E-state index in [1.165, 1.54) is 29.2 Å². The lowest BCUT2D eigenvalue weighted by Crippen LogP contribution is -2.52. The lowest BCUT2D eigenvalue weighted by molar-refractivity contribution is -0.140. The van der Waals surface area contributed by atoms with Gasteiger partial charge in [0.25, 0.3) is 10.0 Å². The molecular weight excluding hydrogens is 593 g/mol. The van der Waals surface area contributed by atoms with E-state index in [1.54, 1.807) is 49.4 Å². The van der Waals surface area contributed by atoms with Crippen molar-refractivity contribution >= 4 is 62.3 Å². The second kappa shape index (κ2) is 14.2. The molecule has 3 aromatic carbocycles. The summed E-state index contributed by atoms with van der Waals surface area (Å²) < 4.78 is 28.7. The Hall–Kier alpha value is -2.78. The van der Waals surface area contributed by atoms with E-state index in [2.05, 4.69) is 5.32 Å². The summed E-state index contributed by atoms with van der Waals surface area (Å²) in [6, 6.07) is 16.7. The number of aryl methyl sites for hydroxylation is 1. The summed E-state index contributed by atoms with van der Waals surface area (Å²) in [4.78, 5) is 28.5. The maximum atomic E-state index is 14.0. The highest BCUT2D eigenvalue weighted by Gasteiger charge is 2.33. The first-order valence-corrected chi connectivity index (χ1v) is 15.4. The summed E-state index contributed by atoms with van der Waals surface area (Å²) in [5, 5.41) is 3.90. The van der Waals surface area contributed by atoms with Crippen molar-refractivity contribution in [2.75, 3.05) is 17.4 Å². The Bertz CT molecular complexity index is 1430. The van der Waals surface area contributed by atoms with Gasteiger partial charge in [-0.2, -0.15) is 0 Å². The third kappa shape index (κ3) is 7.91. The summed E-state index contributed by atoms with van der Waals surface area (Å²) >= 11 is 18.3. The predicted octanol–water partition coefficient (Wildman–Crippen LogP) is 6.48. The normalized spacial score (nSPS) is 12.1. The van der Waals surface area contributed by atoms with Gasteiger partial charge in [-0.15, -0.1) is 0 Å². The highest BCUT2D eigenvalue weighted by Crippen LogP contribution is 2.27. The van der Waals surface area contributed by atoms with Gasteiger partial charge in [0, 0.05) is 18.1 Å². The molecule has 0 aromatic heterocycles. The van der Waals surface area contributed by atoms with E-state index < -0.39 is 28.5 Å². The predicted molar refractivity (Wildman–Crippen MR) is 162 cm³/mol. The standard InChI is InChI=1S/C29H32Cl3N3O4S/c1-4-16-33-29(37)27(5-2)34(18-21-8-15-25(31)26(32)17-21)28(36)19-35(23-11-6-20(3)7-12-23)40(38,39)24-13-9-22(30)10-14-24/h6-15,17,27H,4-5,16,18-19H2,1-3H3,(H,33,37). The highest BCUT2D eigenvalue weighted by molar-refractivity contribution is 7.92. The Labute approximate surface area is 251 Å². The number of carbonyl (C=O) groups excluding carboxylic acids is 2. The molecule has 0 aliphatic heterocycles. The molecule has 1 unspecified atom stereocenters. The van der Waals surface area contributed by atoms with Gasteiger partial charge in [0.15, 0.2) is 0 Å². The summed E-state index contributed by atoms with van der Waals surface area (Å²) in [7, 11) is -4.18. The Morgan fingerprint density at radius 1 is 0.900 bits per heavy atom. The molecule has 40 heavy (non-hydrogen) atoms. The van der Waals surface area contributed by atoms with Crippen molar-refractivity contribution in [2.45, 2.75) is 51.1 Å². The molecule has 1 N–H and O–H groups in total. The molecule has 3 aromatic rings. The summed E-state index contributed by atoms with van der Waals surface area (Å²) in [5.74, 6) is -0.872. The molecule has 0 aliphatic rings. The van der Waals surface area contributed by atoms with Gasteiger partial charge in [0.2, 0.25) is 11.8 Å². The zero-order valence-electron chi connectivity index (χ0n) is 22.5. The molecular formula is C29H32Cl3N3O4S. The lowest BCUT2D eigenvalue weighted by atomic mass is 10.1. The molecule has 0 radical (unpaired) electrons. The Kier molecular flexibility index (Phi) is 11.3. The van der Waals surface area contributed by atoms with Crippen LogP contribution in [-0.4, -0.2) is 44.3 Å². The number of rotatable bonds is 12. The van der Waals surface area contributed by atoms with Crippen LogP contribution in [0.25, 0.3) is 0 Å². The third-order valence-electron chi connectivity index (χ3n) is 6.27. The number of nitrogens with one attached hydrogen (secondary N) is 1. The molecule has 0 saturated carbocycles. The van der Waals surface area contributed by atoms with E-state index in [0.717, 1.165) is 16.3 Å². The first kappa shape index (κ1) is 31.7. The zero-order valence-corrected chi connectivity index (χ0v) is 25.6. The summed E-state index contributed by atoms with van der Waals surface area (Å²) in [5.41, 5.74) is 1.89. The highest BCUT2D eigenvalue weighted by atomic mass is 35.5. The van der Waals surface area contributed by atoms with Crippen LogP contribution in [0.1, 0.15) is 37.8 Å². The van der Waals surface area contributed by atoms with Crippen molar-refractivity contribution in [3.63, 3.8) is 0 Å². The number of sulfonamides is 1. The molecule has 2 amide bonds. The Morgan fingerprint density at radius 3 is 2.12 bits per heavy atom. The Balaban J connectivity index is 2.06. The van der Waals surface area contributed by atoms with Crippen LogP contribution in [0, 0.1) is 6.92 Å². The molecule has 0 aliphatic carbocycles. The third-order valence-corrected chi connectivity index (χ3v) is 9.05. The van der Waals surface area contributed by atoms with Crippen LogP contribution in [0.4, 0.5) is 5.69 Å². The molecule has 11 heteroatoms. The van der Waals surface area contributed by atoms with Crippen molar-refractivity contribution < 1.29 is 18.0 Å². The van der Waals surface area contributed by atoms with E-state index in [-0.39, 0.29) is 17.3 Å². The fourth-order valence-corrected chi connectivity index (χ4v) is 5.95. The van der Waals surface area contributed by atoms with Gasteiger partial charge in [-0.3, -0.25) is 13.9 Å². The average molecular weight is 625 g/mol. The number of anilines is 1. The molecule has 0 heterocycles. The quantitative estimate of drug-likeness (QED) is 0.250. The number of amides is 2. The second-order valence-electron chi connectivity index (χ2n) is 9.29. The summed E-state index contributed by atoms with van der Waals surface area (Å²) in [6.07, 6.45) is 1.04. The van der Waals surface area contributed by atoms with Crippen LogP contribution in [0.5, 0.6) is 0 Å². The van der Waals surface area contributed by atoms with E-state index in [0.29, 0.717) is 39.3 Å². The van der Waals surface area contributed by atoms with Gasteiger partial charge < -0.3 is 10.2 Å². The molecule has 7 nitrogen and oxygen atoms in total. The fraction of sp³-hybridized carbons (Fsp3) is 0.310. The van der Waals surface area contributed by atoms with E-state index in [1.807, 2.05) is 13.8 Å². The SMILES string of the molecule is CCCNC(=O)C(CC)N(Cc1ccc(Cl)c(Cl)c1)C(=O)CN(c1ccc(C)cc1)S(=O)(=O)c1ccc(Cl)cc1.